The van der Waals surface area contributed by atoms with Crippen molar-refractivity contribution in [3.8, 4) is 23.5 Å². The maximum Gasteiger partial charge on any atom is 0.407 e. The van der Waals surface area contributed by atoms with E-state index in [0.29, 0.717) is 19.3 Å². The first-order chi connectivity index (χ1) is 16.4. The first kappa shape index (κ1) is 22.0. The Hall–Kier alpha value is -3.79. The summed E-state index contributed by atoms with van der Waals surface area (Å²) in [4.78, 5) is 36.9. The van der Waals surface area contributed by atoms with Gasteiger partial charge in [0.05, 0.1) is 5.41 Å². The zero-order valence-corrected chi connectivity index (χ0v) is 18.6. The summed E-state index contributed by atoms with van der Waals surface area (Å²) in [5, 5.41) is 14.9. The maximum absolute atomic E-state index is 12.8. The molecule has 0 spiro atoms. The molecule has 34 heavy (non-hydrogen) atoms. The van der Waals surface area contributed by atoms with Gasteiger partial charge in [-0.25, -0.2) is 4.79 Å². The molecule has 0 aliphatic heterocycles. The predicted octanol–water partition coefficient (Wildman–Crippen LogP) is 3.29. The number of nitrogens with one attached hydrogen (secondary N) is 2. The molecule has 0 radical (unpaired) electrons. The average molecular weight is 459 g/mol. The average Bonchev–Trinajstić information content (AvgIpc) is 3.26. The lowest BCUT2D eigenvalue weighted by Crippen LogP contribution is -2.49. The van der Waals surface area contributed by atoms with Crippen LogP contribution in [0.5, 0.6) is 0 Å². The standard InChI is InChI=1S/C27H26N2O5/c1-2-7-23(24(30)28-17-12-16-13-27(16,14-17)25(31)32)29-26(33)34-15-22-20-10-5-3-8-18(20)19-9-4-6-11-21(19)22/h1,3-6,8-11,16-17,22-23H,7,12-15H2,(H,28,30)(H,29,33)(H,31,32)/t16-,17+,23?,27+/m1/s1. The third-order valence-corrected chi connectivity index (χ3v) is 7.46. The SMILES string of the molecule is C#CCC(NC(=O)OCC1c2ccccc2-c2ccccc21)C(=O)N[C@H]1C[C@@H]2C[C@]2(C(=O)O)C1. The minimum absolute atomic E-state index is 0.0102. The van der Waals surface area contributed by atoms with Gasteiger partial charge in [-0.2, -0.15) is 0 Å². The number of alkyl carbamates (subject to hydrolysis) is 1. The largest absolute Gasteiger partial charge is 0.481 e. The van der Waals surface area contributed by atoms with E-state index in [-0.39, 0.29) is 30.9 Å². The van der Waals surface area contributed by atoms with Crippen LogP contribution in [0.2, 0.25) is 0 Å². The van der Waals surface area contributed by atoms with Crippen LogP contribution in [0.25, 0.3) is 11.1 Å². The van der Waals surface area contributed by atoms with Crippen molar-refractivity contribution in [3.05, 3.63) is 59.7 Å². The van der Waals surface area contributed by atoms with Crippen molar-refractivity contribution >= 4 is 18.0 Å². The zero-order valence-electron chi connectivity index (χ0n) is 18.6. The summed E-state index contributed by atoms with van der Waals surface area (Å²) >= 11 is 0. The van der Waals surface area contributed by atoms with E-state index < -0.39 is 29.4 Å². The smallest absolute Gasteiger partial charge is 0.407 e. The van der Waals surface area contributed by atoms with Crippen LogP contribution in [0.15, 0.2) is 48.5 Å². The minimum Gasteiger partial charge on any atom is -0.481 e. The molecular weight excluding hydrogens is 432 g/mol. The number of amides is 2. The van der Waals surface area contributed by atoms with Crippen LogP contribution in [0.1, 0.15) is 42.7 Å². The Bertz CT molecular complexity index is 1160. The van der Waals surface area contributed by atoms with Crippen molar-refractivity contribution in [2.24, 2.45) is 11.3 Å². The number of aliphatic carboxylic acids is 1. The summed E-state index contributed by atoms with van der Waals surface area (Å²) in [6, 6.07) is 14.9. The molecule has 3 N–H and O–H groups in total. The number of terminal acetylenes is 1. The normalized spacial score (nSPS) is 24.7. The fraction of sp³-hybridized carbons (Fsp3) is 0.370. The lowest BCUT2D eigenvalue weighted by molar-refractivity contribution is -0.143. The van der Waals surface area contributed by atoms with Crippen molar-refractivity contribution in [1.82, 2.24) is 10.6 Å². The third-order valence-electron chi connectivity index (χ3n) is 7.46. The molecule has 7 nitrogen and oxygen atoms in total. The maximum atomic E-state index is 12.8. The Labute approximate surface area is 197 Å². The molecule has 2 fully saturated rings. The van der Waals surface area contributed by atoms with Crippen LogP contribution in [-0.4, -0.2) is 41.8 Å². The topological polar surface area (TPSA) is 105 Å². The summed E-state index contributed by atoms with van der Waals surface area (Å²) in [6.07, 6.45) is 6.42. The van der Waals surface area contributed by atoms with Gasteiger partial charge in [0.1, 0.15) is 12.6 Å². The monoisotopic (exact) mass is 458 g/mol. The molecule has 0 heterocycles. The molecule has 3 aliphatic rings. The molecule has 0 aromatic heterocycles. The van der Waals surface area contributed by atoms with E-state index in [0.717, 1.165) is 22.3 Å². The van der Waals surface area contributed by atoms with Crippen LogP contribution in [0.4, 0.5) is 4.79 Å². The molecule has 5 rings (SSSR count). The number of rotatable bonds is 7. The van der Waals surface area contributed by atoms with E-state index in [9.17, 15) is 19.5 Å². The summed E-state index contributed by atoms with van der Waals surface area (Å²) in [6.45, 7) is 0.135. The van der Waals surface area contributed by atoms with Crippen LogP contribution >= 0.6 is 0 Å². The van der Waals surface area contributed by atoms with Crippen molar-refractivity contribution in [2.75, 3.05) is 6.61 Å². The molecule has 2 aromatic carbocycles. The highest BCUT2D eigenvalue weighted by atomic mass is 16.5. The summed E-state index contributed by atoms with van der Waals surface area (Å²) in [5.41, 5.74) is 3.76. The molecular formula is C27H26N2O5. The number of ether oxygens (including phenoxy) is 1. The van der Waals surface area contributed by atoms with Crippen LogP contribution < -0.4 is 10.6 Å². The molecule has 0 bridgehead atoms. The predicted molar refractivity (Wildman–Crippen MR) is 125 cm³/mol. The Morgan fingerprint density at radius 3 is 2.32 bits per heavy atom. The number of fused-ring (bicyclic) bond motifs is 4. The van der Waals surface area contributed by atoms with Gasteiger partial charge in [0.15, 0.2) is 0 Å². The Kier molecular flexibility index (Phi) is 5.52. The highest BCUT2D eigenvalue weighted by molar-refractivity contribution is 5.87. The summed E-state index contributed by atoms with van der Waals surface area (Å²) in [5.74, 6) is 1.22. The lowest BCUT2D eigenvalue weighted by atomic mass is 9.98. The third kappa shape index (κ3) is 3.79. The van der Waals surface area contributed by atoms with Gasteiger partial charge in [0.25, 0.3) is 0 Å². The molecule has 4 atom stereocenters. The lowest BCUT2D eigenvalue weighted by Gasteiger charge is -2.21. The molecule has 2 saturated carbocycles. The second-order valence-electron chi connectivity index (χ2n) is 9.44. The number of carbonyl (C=O) groups excluding carboxylic acids is 2. The summed E-state index contributed by atoms with van der Waals surface area (Å²) in [7, 11) is 0. The van der Waals surface area contributed by atoms with Gasteiger partial charge >= 0.3 is 12.1 Å². The van der Waals surface area contributed by atoms with Gasteiger partial charge in [-0.3, -0.25) is 9.59 Å². The van der Waals surface area contributed by atoms with E-state index in [1.54, 1.807) is 0 Å². The Balaban J connectivity index is 1.19. The van der Waals surface area contributed by atoms with Crippen molar-refractivity contribution < 1.29 is 24.2 Å². The number of hydrogen-bond donors (Lipinski definition) is 3. The van der Waals surface area contributed by atoms with Gasteiger partial charge < -0.3 is 20.5 Å². The molecule has 174 valence electrons. The van der Waals surface area contributed by atoms with E-state index in [4.69, 9.17) is 11.2 Å². The molecule has 0 saturated heterocycles. The molecule has 7 heteroatoms. The Morgan fingerprint density at radius 1 is 1.09 bits per heavy atom. The van der Waals surface area contributed by atoms with E-state index >= 15 is 0 Å². The van der Waals surface area contributed by atoms with E-state index in [2.05, 4.69) is 28.7 Å². The minimum atomic E-state index is -0.946. The molecule has 2 amide bonds. The number of carboxylic acids is 1. The van der Waals surface area contributed by atoms with Crippen molar-refractivity contribution in [2.45, 2.75) is 43.7 Å². The fourth-order valence-corrected chi connectivity index (χ4v) is 5.68. The number of carboxylic acid groups (broad SMARTS) is 1. The zero-order chi connectivity index (χ0) is 23.9. The van der Waals surface area contributed by atoms with Gasteiger partial charge in [0.2, 0.25) is 5.91 Å². The highest BCUT2D eigenvalue weighted by Gasteiger charge is 2.65. The van der Waals surface area contributed by atoms with Gasteiger partial charge in [0, 0.05) is 18.4 Å². The highest BCUT2D eigenvalue weighted by Crippen LogP contribution is 2.63. The number of hydrogen-bond acceptors (Lipinski definition) is 4. The summed E-state index contributed by atoms with van der Waals surface area (Å²) < 4.78 is 5.53. The van der Waals surface area contributed by atoms with Gasteiger partial charge in [-0.05, 0) is 47.4 Å². The second-order valence-corrected chi connectivity index (χ2v) is 9.44. The van der Waals surface area contributed by atoms with E-state index in [1.807, 2.05) is 36.4 Å². The van der Waals surface area contributed by atoms with Crippen LogP contribution in [0, 0.1) is 23.7 Å². The first-order valence-electron chi connectivity index (χ1n) is 11.5. The number of carbonyl (C=O) groups is 3. The first-order valence-corrected chi connectivity index (χ1v) is 11.5. The second kappa shape index (κ2) is 8.53. The molecule has 1 unspecified atom stereocenters. The fourth-order valence-electron chi connectivity index (χ4n) is 5.68. The molecule has 2 aromatic rings. The van der Waals surface area contributed by atoms with Crippen molar-refractivity contribution in [1.29, 1.82) is 0 Å². The van der Waals surface area contributed by atoms with E-state index in [1.165, 1.54) is 0 Å². The molecule has 3 aliphatic carbocycles. The van der Waals surface area contributed by atoms with Crippen LogP contribution in [0.3, 0.4) is 0 Å². The van der Waals surface area contributed by atoms with Crippen LogP contribution in [-0.2, 0) is 14.3 Å². The van der Waals surface area contributed by atoms with Gasteiger partial charge in [-0.15, -0.1) is 12.3 Å². The van der Waals surface area contributed by atoms with Gasteiger partial charge in [-0.1, -0.05) is 48.5 Å². The number of benzene rings is 2. The van der Waals surface area contributed by atoms with Crippen molar-refractivity contribution in [3.63, 3.8) is 0 Å². The Morgan fingerprint density at radius 2 is 1.74 bits per heavy atom. The quantitative estimate of drug-likeness (QED) is 0.553.